The van der Waals surface area contributed by atoms with Crippen molar-refractivity contribution in [1.82, 2.24) is 9.97 Å². The minimum absolute atomic E-state index is 0.324. The second-order valence-corrected chi connectivity index (χ2v) is 3.80. The zero-order valence-corrected chi connectivity index (χ0v) is 9.69. The van der Waals surface area contributed by atoms with Crippen LogP contribution >= 0.6 is 0 Å². The number of nitrogens with zero attached hydrogens (tertiary/aromatic N) is 1. The number of hydrogen-bond donors (Lipinski definition) is 2. The normalized spacial score (nSPS) is 10.7. The molecule has 2 aromatic rings. The van der Waals surface area contributed by atoms with Crippen LogP contribution in [0.5, 0.6) is 5.75 Å². The molecule has 1 aromatic carbocycles. The predicted molar refractivity (Wildman–Crippen MR) is 66.3 cm³/mol. The molecule has 5 nitrogen and oxygen atoms in total. The van der Waals surface area contributed by atoms with E-state index < -0.39 is 0 Å². The van der Waals surface area contributed by atoms with Crippen LogP contribution in [0.3, 0.4) is 0 Å². The number of hydrogen-bond acceptors (Lipinski definition) is 4. The predicted octanol–water partition coefficient (Wildman–Crippen LogP) is 0.823. The van der Waals surface area contributed by atoms with Crippen molar-refractivity contribution >= 4 is 10.9 Å². The Balaban J connectivity index is 2.57. The highest BCUT2D eigenvalue weighted by molar-refractivity contribution is 5.82. The second-order valence-electron chi connectivity index (χ2n) is 3.80. The van der Waals surface area contributed by atoms with Gasteiger partial charge in [0.2, 0.25) is 0 Å². The third-order valence-corrected chi connectivity index (χ3v) is 2.64. The minimum Gasteiger partial charge on any atom is -0.497 e. The number of ether oxygens (including phenoxy) is 1. The smallest absolute Gasteiger partial charge is 0.345 e. The number of methoxy groups -OCH3 is 1. The summed E-state index contributed by atoms with van der Waals surface area (Å²) in [5.74, 6) is 0.750. The average Bonchev–Trinajstić information content (AvgIpc) is 2.35. The first kappa shape index (κ1) is 11.6. The van der Waals surface area contributed by atoms with Crippen LogP contribution in [0.25, 0.3) is 10.9 Å². The topological polar surface area (TPSA) is 81.0 Å². The fraction of sp³-hybridized carbons (Fsp3) is 0.333. The summed E-state index contributed by atoms with van der Waals surface area (Å²) in [4.78, 5) is 18.1. The third kappa shape index (κ3) is 2.45. The Morgan fingerprint density at radius 1 is 1.47 bits per heavy atom. The number of nitrogens with one attached hydrogen (secondary N) is 1. The van der Waals surface area contributed by atoms with Gasteiger partial charge < -0.3 is 15.5 Å². The largest absolute Gasteiger partial charge is 0.497 e. The van der Waals surface area contributed by atoms with E-state index >= 15 is 0 Å². The summed E-state index contributed by atoms with van der Waals surface area (Å²) in [6.07, 6.45) is 1.56. The molecule has 0 aliphatic rings. The van der Waals surface area contributed by atoms with Gasteiger partial charge in [0.15, 0.2) is 0 Å². The lowest BCUT2D eigenvalue weighted by atomic mass is 10.1. The highest BCUT2D eigenvalue weighted by Crippen LogP contribution is 2.20. The Morgan fingerprint density at radius 3 is 3.00 bits per heavy atom. The van der Waals surface area contributed by atoms with Gasteiger partial charge in [-0.2, -0.15) is 4.98 Å². The zero-order chi connectivity index (χ0) is 12.3. The van der Waals surface area contributed by atoms with Crippen molar-refractivity contribution in [2.24, 2.45) is 5.73 Å². The maximum absolute atomic E-state index is 11.4. The molecule has 2 rings (SSSR count). The second kappa shape index (κ2) is 4.97. The van der Waals surface area contributed by atoms with Crippen molar-refractivity contribution in [3.63, 3.8) is 0 Å². The van der Waals surface area contributed by atoms with Gasteiger partial charge in [-0.3, -0.25) is 0 Å². The lowest BCUT2D eigenvalue weighted by Crippen LogP contribution is -2.14. The summed E-state index contributed by atoms with van der Waals surface area (Å²) in [6.45, 7) is 0.593. The van der Waals surface area contributed by atoms with E-state index in [1.54, 1.807) is 19.2 Å². The molecule has 1 heterocycles. The van der Waals surface area contributed by atoms with E-state index in [-0.39, 0.29) is 5.69 Å². The van der Waals surface area contributed by atoms with Crippen LogP contribution in [0.15, 0.2) is 23.0 Å². The lowest BCUT2D eigenvalue weighted by Gasteiger charge is -2.06. The van der Waals surface area contributed by atoms with Crippen molar-refractivity contribution in [1.29, 1.82) is 0 Å². The van der Waals surface area contributed by atoms with Crippen LogP contribution in [0, 0.1) is 0 Å². The number of aromatic nitrogens is 2. The van der Waals surface area contributed by atoms with Crippen LogP contribution in [-0.4, -0.2) is 23.6 Å². The van der Waals surface area contributed by atoms with Crippen LogP contribution in [0.2, 0.25) is 0 Å². The Hall–Kier alpha value is -1.88. The lowest BCUT2D eigenvalue weighted by molar-refractivity contribution is 0.415. The zero-order valence-electron chi connectivity index (χ0n) is 9.69. The van der Waals surface area contributed by atoms with Crippen molar-refractivity contribution < 1.29 is 4.74 Å². The maximum Gasteiger partial charge on any atom is 0.345 e. The number of benzene rings is 1. The summed E-state index contributed by atoms with van der Waals surface area (Å²) in [5.41, 5.74) is 6.71. The van der Waals surface area contributed by atoms with Crippen LogP contribution < -0.4 is 16.2 Å². The molecular formula is C12H15N3O2. The first-order valence-electron chi connectivity index (χ1n) is 5.51. The highest BCUT2D eigenvalue weighted by Gasteiger charge is 2.05. The van der Waals surface area contributed by atoms with Gasteiger partial charge in [-0.05, 0) is 37.6 Å². The van der Waals surface area contributed by atoms with E-state index in [9.17, 15) is 4.79 Å². The first-order valence-corrected chi connectivity index (χ1v) is 5.51. The quantitative estimate of drug-likeness (QED) is 0.819. The molecule has 0 saturated heterocycles. The minimum atomic E-state index is -0.324. The van der Waals surface area contributed by atoms with Gasteiger partial charge in [-0.1, -0.05) is 0 Å². The molecule has 0 radical (unpaired) electrons. The number of aromatic amines is 1. The summed E-state index contributed by atoms with van der Waals surface area (Å²) in [6, 6.07) is 5.46. The monoisotopic (exact) mass is 233 g/mol. The van der Waals surface area contributed by atoms with Gasteiger partial charge in [0.05, 0.1) is 12.6 Å². The Bertz CT molecular complexity index is 577. The molecular weight excluding hydrogens is 218 g/mol. The molecule has 17 heavy (non-hydrogen) atoms. The maximum atomic E-state index is 11.4. The Labute approximate surface area is 98.6 Å². The summed E-state index contributed by atoms with van der Waals surface area (Å²) >= 11 is 0. The standard InChI is InChI=1S/C12H15N3O2/c1-17-8-4-5-11-9(7-8)10(3-2-6-13)14-12(16)15-11/h4-5,7H,2-3,6,13H2,1H3,(H,14,15,16). The van der Waals surface area contributed by atoms with Gasteiger partial charge in [0.25, 0.3) is 0 Å². The van der Waals surface area contributed by atoms with E-state index in [0.717, 1.165) is 29.7 Å². The molecule has 3 N–H and O–H groups in total. The van der Waals surface area contributed by atoms with Gasteiger partial charge in [0.1, 0.15) is 5.75 Å². The Kier molecular flexibility index (Phi) is 3.39. The molecule has 0 aliphatic heterocycles. The van der Waals surface area contributed by atoms with Crippen molar-refractivity contribution in [3.05, 3.63) is 34.4 Å². The van der Waals surface area contributed by atoms with Gasteiger partial charge >= 0.3 is 5.69 Å². The Morgan fingerprint density at radius 2 is 2.29 bits per heavy atom. The SMILES string of the molecule is COc1ccc2nc(=O)[nH]c(CCCN)c2c1. The van der Waals surface area contributed by atoms with Crippen molar-refractivity contribution in [3.8, 4) is 5.75 Å². The van der Waals surface area contributed by atoms with E-state index in [1.807, 2.05) is 6.07 Å². The van der Waals surface area contributed by atoms with Crippen LogP contribution in [-0.2, 0) is 6.42 Å². The van der Waals surface area contributed by atoms with E-state index in [2.05, 4.69) is 9.97 Å². The van der Waals surface area contributed by atoms with Gasteiger partial charge in [-0.25, -0.2) is 4.79 Å². The van der Waals surface area contributed by atoms with Crippen molar-refractivity contribution in [2.45, 2.75) is 12.8 Å². The van der Waals surface area contributed by atoms with Crippen LogP contribution in [0.1, 0.15) is 12.1 Å². The number of aryl methyl sites for hydroxylation is 1. The molecule has 0 atom stereocenters. The van der Waals surface area contributed by atoms with Crippen molar-refractivity contribution in [2.75, 3.05) is 13.7 Å². The third-order valence-electron chi connectivity index (χ3n) is 2.64. The van der Waals surface area contributed by atoms with Crippen LogP contribution in [0.4, 0.5) is 0 Å². The van der Waals surface area contributed by atoms with E-state index in [4.69, 9.17) is 10.5 Å². The molecule has 0 fully saturated rings. The van der Waals surface area contributed by atoms with E-state index in [0.29, 0.717) is 12.1 Å². The molecule has 0 spiro atoms. The fourth-order valence-corrected chi connectivity index (χ4v) is 1.79. The average molecular weight is 233 g/mol. The number of nitrogens with two attached hydrogens (primary N) is 1. The highest BCUT2D eigenvalue weighted by atomic mass is 16.5. The molecule has 90 valence electrons. The summed E-state index contributed by atoms with van der Waals surface area (Å²) in [5, 5.41) is 0.914. The molecule has 0 unspecified atom stereocenters. The molecule has 0 bridgehead atoms. The molecule has 0 amide bonds. The van der Waals surface area contributed by atoms with Gasteiger partial charge in [0, 0.05) is 11.1 Å². The summed E-state index contributed by atoms with van der Waals surface area (Å²) in [7, 11) is 1.61. The van der Waals surface area contributed by atoms with Gasteiger partial charge in [-0.15, -0.1) is 0 Å². The molecule has 0 saturated carbocycles. The van der Waals surface area contributed by atoms with E-state index in [1.165, 1.54) is 0 Å². The molecule has 5 heteroatoms. The number of rotatable bonds is 4. The summed E-state index contributed by atoms with van der Waals surface area (Å²) < 4.78 is 5.17. The number of fused-ring (bicyclic) bond motifs is 1. The first-order chi connectivity index (χ1) is 8.24. The number of H-pyrrole nitrogens is 1. The molecule has 1 aromatic heterocycles. The fourth-order valence-electron chi connectivity index (χ4n) is 1.79. The molecule has 0 aliphatic carbocycles.